The van der Waals surface area contributed by atoms with Gasteiger partial charge in [0.25, 0.3) is 0 Å². The second-order valence-electron chi connectivity index (χ2n) is 8.07. The van der Waals surface area contributed by atoms with Gasteiger partial charge in [0.1, 0.15) is 0 Å². The van der Waals surface area contributed by atoms with E-state index in [1.807, 2.05) is 0 Å². The van der Waals surface area contributed by atoms with E-state index in [0.717, 1.165) is 19.0 Å². The molecule has 3 rings (SSSR count). The van der Waals surface area contributed by atoms with E-state index in [4.69, 9.17) is 12.6 Å². The first kappa shape index (κ1) is 17.9. The first-order valence-electron chi connectivity index (χ1n) is 9.21. The summed E-state index contributed by atoms with van der Waals surface area (Å²) in [4.78, 5) is 4.86. The monoisotopic (exact) mass is 344 g/mol. The Labute approximate surface area is 153 Å². The lowest BCUT2D eigenvalue weighted by molar-refractivity contribution is 0.354. The first-order valence-corrected chi connectivity index (χ1v) is 9.72. The molecular weight excluding hydrogens is 312 g/mol. The second kappa shape index (κ2) is 6.76. The van der Waals surface area contributed by atoms with Crippen molar-refractivity contribution in [2.45, 2.75) is 39.4 Å². The fourth-order valence-electron chi connectivity index (χ4n) is 4.42. The zero-order valence-electron chi connectivity index (χ0n) is 15.9. The first-order chi connectivity index (χ1) is 11.3. The highest BCUT2D eigenvalue weighted by Crippen LogP contribution is 2.43. The smallest absolute Gasteiger partial charge is 0.0457 e. The average Bonchev–Trinajstić information content (AvgIpc) is 3.06. The molecule has 2 nitrogen and oxygen atoms in total. The second-order valence-corrected chi connectivity index (χ2v) is 8.59. The molecule has 0 aromatic rings. The highest BCUT2D eigenvalue weighted by molar-refractivity contribution is 7.81. The molecule has 2 heterocycles. The molecule has 3 heteroatoms. The summed E-state index contributed by atoms with van der Waals surface area (Å²) in [6.45, 7) is 18.0. The van der Waals surface area contributed by atoms with E-state index in [2.05, 4.69) is 57.2 Å². The molecule has 1 fully saturated rings. The van der Waals surface area contributed by atoms with E-state index in [1.165, 1.54) is 53.1 Å². The van der Waals surface area contributed by atoms with Gasteiger partial charge in [0.05, 0.1) is 0 Å². The Bertz CT molecular complexity index is 640. The highest BCUT2D eigenvalue weighted by atomic mass is 32.1. The topological polar surface area (TPSA) is 6.48 Å². The molecule has 0 aromatic carbocycles. The van der Waals surface area contributed by atoms with Crippen molar-refractivity contribution in [3.8, 4) is 0 Å². The quantitative estimate of drug-likeness (QED) is 0.587. The largest absolute Gasteiger partial charge is 0.373 e. The van der Waals surface area contributed by atoms with E-state index < -0.39 is 0 Å². The summed E-state index contributed by atoms with van der Waals surface area (Å²) in [7, 11) is 2.17. The van der Waals surface area contributed by atoms with Gasteiger partial charge in [0.2, 0.25) is 0 Å². The standard InChI is InChI=1S/C21H32N2S/c1-13-7-8-23(10-13)11-15(3)21(24)20-14(2)9-18(16(20)4)19-12-22(6)17(19)5/h9,13,16,21,24H,3,7-8,10-12H2,1-2,4-6H3. The third-order valence-electron chi connectivity index (χ3n) is 6.13. The van der Waals surface area contributed by atoms with Crippen molar-refractivity contribution in [3.05, 3.63) is 46.2 Å². The molecule has 3 atom stereocenters. The van der Waals surface area contributed by atoms with Crippen LogP contribution < -0.4 is 0 Å². The van der Waals surface area contributed by atoms with Crippen LogP contribution >= 0.6 is 12.6 Å². The van der Waals surface area contributed by atoms with E-state index in [-0.39, 0.29) is 5.25 Å². The molecule has 24 heavy (non-hydrogen) atoms. The third-order valence-corrected chi connectivity index (χ3v) is 6.77. The van der Waals surface area contributed by atoms with Crippen LogP contribution in [0.25, 0.3) is 0 Å². The predicted molar refractivity (Wildman–Crippen MR) is 107 cm³/mol. The molecular formula is C21H32N2S. The Morgan fingerprint density at radius 2 is 2.08 bits per heavy atom. The predicted octanol–water partition coefficient (Wildman–Crippen LogP) is 4.29. The molecule has 0 bridgehead atoms. The van der Waals surface area contributed by atoms with Crippen LogP contribution in [0.4, 0.5) is 0 Å². The van der Waals surface area contributed by atoms with Crippen molar-refractivity contribution in [3.63, 3.8) is 0 Å². The number of rotatable bonds is 5. The maximum atomic E-state index is 4.99. The van der Waals surface area contributed by atoms with Crippen LogP contribution in [-0.4, -0.2) is 48.3 Å². The minimum absolute atomic E-state index is 0.170. The summed E-state index contributed by atoms with van der Waals surface area (Å²) in [5.41, 5.74) is 8.55. The van der Waals surface area contributed by atoms with Gasteiger partial charge in [-0.05, 0) is 60.6 Å². The molecule has 0 N–H and O–H groups in total. The lowest BCUT2D eigenvalue weighted by Crippen LogP contribution is -2.33. The van der Waals surface area contributed by atoms with Crippen LogP contribution in [0.2, 0.25) is 0 Å². The number of likely N-dealkylation sites (N-methyl/N-ethyl adjacent to an activating group) is 1. The van der Waals surface area contributed by atoms with Crippen LogP contribution in [0.1, 0.15) is 34.1 Å². The van der Waals surface area contributed by atoms with Crippen molar-refractivity contribution in [2.75, 3.05) is 33.2 Å². The molecule has 132 valence electrons. The van der Waals surface area contributed by atoms with Gasteiger partial charge in [-0.25, -0.2) is 0 Å². The van der Waals surface area contributed by atoms with Crippen molar-refractivity contribution in [2.24, 2.45) is 11.8 Å². The summed E-state index contributed by atoms with van der Waals surface area (Å²) in [5, 5.41) is 0.170. The Kier molecular flexibility index (Phi) is 5.04. The van der Waals surface area contributed by atoms with Crippen LogP contribution in [-0.2, 0) is 0 Å². The number of hydrogen-bond donors (Lipinski definition) is 1. The van der Waals surface area contributed by atoms with Gasteiger partial charge in [-0.2, -0.15) is 12.6 Å². The Morgan fingerprint density at radius 3 is 2.62 bits per heavy atom. The zero-order valence-corrected chi connectivity index (χ0v) is 16.8. The Balaban J connectivity index is 1.69. The highest BCUT2D eigenvalue weighted by Gasteiger charge is 2.34. The minimum Gasteiger partial charge on any atom is -0.373 e. The van der Waals surface area contributed by atoms with Gasteiger partial charge in [-0.15, -0.1) is 0 Å². The number of likely N-dealkylation sites (tertiary alicyclic amines) is 1. The van der Waals surface area contributed by atoms with E-state index in [0.29, 0.717) is 5.92 Å². The molecule has 0 amide bonds. The molecule has 0 aromatic heterocycles. The van der Waals surface area contributed by atoms with Gasteiger partial charge in [-0.1, -0.05) is 26.5 Å². The summed E-state index contributed by atoms with van der Waals surface area (Å²) in [5.74, 6) is 1.28. The SMILES string of the molecule is C=C(CN1CCC(C)C1)C(S)C1=C(C)C=C(C2=C(C)N(C)C2)C1C. The number of nitrogens with zero attached hydrogens (tertiary/aromatic N) is 2. The number of thiol groups is 1. The third kappa shape index (κ3) is 3.13. The Hall–Kier alpha value is -0.930. The van der Waals surface area contributed by atoms with Gasteiger partial charge in [0.15, 0.2) is 0 Å². The molecule has 1 aliphatic carbocycles. The van der Waals surface area contributed by atoms with Gasteiger partial charge in [-0.3, -0.25) is 4.90 Å². The summed E-state index contributed by atoms with van der Waals surface area (Å²) < 4.78 is 0. The molecule has 2 aliphatic heterocycles. The van der Waals surface area contributed by atoms with Gasteiger partial charge < -0.3 is 4.90 Å². The normalized spacial score (nSPS) is 29.2. The number of hydrogen-bond acceptors (Lipinski definition) is 3. The average molecular weight is 345 g/mol. The molecule has 3 aliphatic rings. The zero-order chi connectivity index (χ0) is 17.6. The van der Waals surface area contributed by atoms with E-state index >= 15 is 0 Å². The summed E-state index contributed by atoms with van der Waals surface area (Å²) >= 11 is 4.99. The van der Waals surface area contributed by atoms with Gasteiger partial charge >= 0.3 is 0 Å². The maximum absolute atomic E-state index is 4.99. The van der Waals surface area contributed by atoms with E-state index in [9.17, 15) is 0 Å². The van der Waals surface area contributed by atoms with Gasteiger partial charge in [0, 0.05) is 43.5 Å². The van der Waals surface area contributed by atoms with Crippen molar-refractivity contribution < 1.29 is 0 Å². The fourth-order valence-corrected chi connectivity index (χ4v) is 4.93. The van der Waals surface area contributed by atoms with Crippen LogP contribution in [0.3, 0.4) is 0 Å². The van der Waals surface area contributed by atoms with Crippen molar-refractivity contribution in [1.29, 1.82) is 0 Å². The minimum atomic E-state index is 0.170. The molecule has 3 unspecified atom stereocenters. The van der Waals surface area contributed by atoms with E-state index in [1.54, 1.807) is 0 Å². The van der Waals surface area contributed by atoms with Crippen molar-refractivity contribution in [1.82, 2.24) is 9.80 Å². The Morgan fingerprint density at radius 1 is 1.38 bits per heavy atom. The lowest BCUT2D eigenvalue weighted by atomic mass is 9.85. The molecule has 0 spiro atoms. The summed E-state index contributed by atoms with van der Waals surface area (Å²) in [6, 6.07) is 0. The van der Waals surface area contributed by atoms with Crippen LogP contribution in [0.15, 0.2) is 46.2 Å². The van der Waals surface area contributed by atoms with Crippen LogP contribution in [0, 0.1) is 11.8 Å². The molecule has 1 saturated heterocycles. The molecule has 0 radical (unpaired) electrons. The lowest BCUT2D eigenvalue weighted by Gasteiger charge is -2.36. The maximum Gasteiger partial charge on any atom is 0.0457 e. The van der Waals surface area contributed by atoms with Crippen LogP contribution in [0.5, 0.6) is 0 Å². The fraction of sp³-hybridized carbons (Fsp3) is 0.619. The van der Waals surface area contributed by atoms with Crippen molar-refractivity contribution >= 4 is 12.6 Å². The number of allylic oxidation sites excluding steroid dienone is 3. The summed E-state index contributed by atoms with van der Waals surface area (Å²) in [6.07, 6.45) is 3.70. The molecule has 0 saturated carbocycles.